The van der Waals surface area contributed by atoms with E-state index in [4.69, 9.17) is 4.74 Å². The highest BCUT2D eigenvalue weighted by atomic mass is 16.5. The predicted octanol–water partition coefficient (Wildman–Crippen LogP) is 0.549. The minimum atomic E-state index is -0.169. The summed E-state index contributed by atoms with van der Waals surface area (Å²) in [5, 5.41) is 3.30. The van der Waals surface area contributed by atoms with Crippen LogP contribution < -0.4 is 5.32 Å². The molecule has 0 aromatic carbocycles. The molecule has 0 radical (unpaired) electrons. The van der Waals surface area contributed by atoms with Crippen molar-refractivity contribution in [2.45, 2.75) is 19.3 Å². The van der Waals surface area contributed by atoms with Gasteiger partial charge in [-0.1, -0.05) is 0 Å². The number of rotatable bonds is 1. The zero-order valence-corrected chi connectivity index (χ0v) is 7.43. The van der Waals surface area contributed by atoms with Crippen molar-refractivity contribution in [2.75, 3.05) is 20.2 Å². The van der Waals surface area contributed by atoms with Gasteiger partial charge in [0.25, 0.3) is 0 Å². The van der Waals surface area contributed by atoms with Gasteiger partial charge in [-0.3, -0.25) is 4.79 Å². The first-order chi connectivity index (χ1) is 5.77. The Morgan fingerprint density at radius 3 is 3.25 bits per heavy atom. The molecule has 68 valence electrons. The molecule has 1 N–H and O–H groups in total. The van der Waals surface area contributed by atoms with Crippen LogP contribution in [0, 0.1) is 11.3 Å². The maximum atomic E-state index is 11.5. The minimum Gasteiger partial charge on any atom is -0.469 e. The quantitative estimate of drug-likeness (QED) is 0.582. The SMILES string of the molecule is COC(=O)C12CCC(CNC1)C2. The fourth-order valence-corrected chi connectivity index (χ4v) is 2.56. The van der Waals surface area contributed by atoms with E-state index < -0.39 is 0 Å². The monoisotopic (exact) mass is 169 g/mol. The van der Waals surface area contributed by atoms with Crippen LogP contribution in [-0.4, -0.2) is 26.2 Å². The van der Waals surface area contributed by atoms with Gasteiger partial charge in [0.15, 0.2) is 0 Å². The van der Waals surface area contributed by atoms with E-state index in [1.165, 1.54) is 13.5 Å². The van der Waals surface area contributed by atoms with Gasteiger partial charge in [0.05, 0.1) is 12.5 Å². The second-order valence-electron chi connectivity index (χ2n) is 4.01. The highest BCUT2D eigenvalue weighted by Gasteiger charge is 2.48. The third-order valence-electron chi connectivity index (χ3n) is 3.23. The summed E-state index contributed by atoms with van der Waals surface area (Å²) in [6.45, 7) is 1.90. The lowest BCUT2D eigenvalue weighted by molar-refractivity contribution is -0.153. The van der Waals surface area contributed by atoms with E-state index in [2.05, 4.69) is 5.32 Å². The first kappa shape index (κ1) is 8.05. The van der Waals surface area contributed by atoms with Crippen molar-refractivity contribution in [3.63, 3.8) is 0 Å². The van der Waals surface area contributed by atoms with Gasteiger partial charge in [-0.05, 0) is 31.7 Å². The van der Waals surface area contributed by atoms with Crippen LogP contribution in [0.15, 0.2) is 0 Å². The second kappa shape index (κ2) is 2.73. The molecule has 3 heteroatoms. The Kier molecular flexibility index (Phi) is 1.83. The summed E-state index contributed by atoms with van der Waals surface area (Å²) in [4.78, 5) is 11.5. The Balaban J connectivity index is 2.15. The van der Waals surface area contributed by atoms with Crippen molar-refractivity contribution in [3.05, 3.63) is 0 Å². The number of ether oxygens (including phenoxy) is 1. The summed E-state index contributed by atoms with van der Waals surface area (Å²) < 4.78 is 4.83. The number of piperidine rings is 1. The number of esters is 1. The molecule has 1 saturated carbocycles. The van der Waals surface area contributed by atoms with Gasteiger partial charge in [0.2, 0.25) is 0 Å². The van der Waals surface area contributed by atoms with Crippen molar-refractivity contribution in [1.29, 1.82) is 0 Å². The summed E-state index contributed by atoms with van der Waals surface area (Å²) in [5.74, 6) is 0.690. The van der Waals surface area contributed by atoms with E-state index in [-0.39, 0.29) is 11.4 Å². The average molecular weight is 169 g/mol. The summed E-state index contributed by atoms with van der Waals surface area (Å²) >= 11 is 0. The number of nitrogens with one attached hydrogen (secondary N) is 1. The largest absolute Gasteiger partial charge is 0.469 e. The maximum absolute atomic E-state index is 11.5. The van der Waals surface area contributed by atoms with Crippen LogP contribution in [0.2, 0.25) is 0 Å². The number of hydrogen-bond acceptors (Lipinski definition) is 3. The lowest BCUT2D eigenvalue weighted by Crippen LogP contribution is -2.44. The molecule has 12 heavy (non-hydrogen) atoms. The van der Waals surface area contributed by atoms with E-state index in [1.807, 2.05) is 0 Å². The summed E-state index contributed by atoms with van der Waals surface area (Å²) in [5.41, 5.74) is -0.169. The number of methoxy groups -OCH3 is 1. The van der Waals surface area contributed by atoms with Gasteiger partial charge < -0.3 is 10.1 Å². The average Bonchev–Trinajstić information content (AvgIpc) is 2.42. The molecular weight excluding hydrogens is 154 g/mol. The van der Waals surface area contributed by atoms with Crippen LogP contribution in [0.1, 0.15) is 19.3 Å². The molecule has 2 atom stereocenters. The summed E-state index contributed by atoms with van der Waals surface area (Å²) in [6.07, 6.45) is 3.23. The van der Waals surface area contributed by atoms with Crippen molar-refractivity contribution in [2.24, 2.45) is 11.3 Å². The molecule has 2 fully saturated rings. The molecule has 1 aliphatic heterocycles. The number of carbonyl (C=O) groups excluding carboxylic acids is 1. The van der Waals surface area contributed by atoms with Crippen LogP contribution in [0.5, 0.6) is 0 Å². The molecule has 2 aliphatic rings. The van der Waals surface area contributed by atoms with E-state index in [9.17, 15) is 4.79 Å². The van der Waals surface area contributed by atoms with Gasteiger partial charge in [0, 0.05) is 6.54 Å². The van der Waals surface area contributed by atoms with Crippen LogP contribution in [0.3, 0.4) is 0 Å². The third-order valence-corrected chi connectivity index (χ3v) is 3.23. The molecule has 0 aromatic heterocycles. The highest BCUT2D eigenvalue weighted by molar-refractivity contribution is 5.77. The van der Waals surface area contributed by atoms with Crippen molar-refractivity contribution in [3.8, 4) is 0 Å². The molecule has 0 amide bonds. The van der Waals surface area contributed by atoms with Crippen LogP contribution >= 0.6 is 0 Å². The first-order valence-corrected chi connectivity index (χ1v) is 4.56. The van der Waals surface area contributed by atoms with E-state index in [0.29, 0.717) is 5.92 Å². The standard InChI is InChI=1S/C9H15NO2/c1-12-8(11)9-3-2-7(4-9)5-10-6-9/h7,10H,2-6H2,1H3. The van der Waals surface area contributed by atoms with Crippen molar-refractivity contribution >= 4 is 5.97 Å². The Labute approximate surface area is 72.5 Å². The molecule has 1 heterocycles. The normalized spacial score (nSPS) is 39.6. The zero-order chi connectivity index (χ0) is 8.60. The Bertz CT molecular complexity index is 201. The molecule has 1 aliphatic carbocycles. The Morgan fingerprint density at radius 2 is 2.50 bits per heavy atom. The molecule has 1 saturated heterocycles. The fourth-order valence-electron chi connectivity index (χ4n) is 2.56. The van der Waals surface area contributed by atoms with E-state index >= 15 is 0 Å². The van der Waals surface area contributed by atoms with Gasteiger partial charge in [-0.15, -0.1) is 0 Å². The smallest absolute Gasteiger partial charge is 0.313 e. The molecule has 3 nitrogen and oxygen atoms in total. The van der Waals surface area contributed by atoms with Crippen molar-refractivity contribution < 1.29 is 9.53 Å². The number of carbonyl (C=O) groups is 1. The number of fused-ring (bicyclic) bond motifs is 2. The molecule has 0 aromatic rings. The van der Waals surface area contributed by atoms with Gasteiger partial charge in [-0.25, -0.2) is 0 Å². The third kappa shape index (κ3) is 1.04. The Morgan fingerprint density at radius 1 is 1.67 bits per heavy atom. The first-order valence-electron chi connectivity index (χ1n) is 4.56. The van der Waals surface area contributed by atoms with Gasteiger partial charge in [0.1, 0.15) is 0 Å². The maximum Gasteiger partial charge on any atom is 0.313 e. The fraction of sp³-hybridized carbons (Fsp3) is 0.889. The molecular formula is C9H15NO2. The molecule has 2 bridgehead atoms. The van der Waals surface area contributed by atoms with Gasteiger partial charge in [-0.2, -0.15) is 0 Å². The summed E-state index contributed by atoms with van der Waals surface area (Å²) in [6, 6.07) is 0. The van der Waals surface area contributed by atoms with E-state index in [1.54, 1.807) is 0 Å². The van der Waals surface area contributed by atoms with Crippen LogP contribution in [0.25, 0.3) is 0 Å². The Hall–Kier alpha value is -0.570. The highest BCUT2D eigenvalue weighted by Crippen LogP contribution is 2.44. The number of hydrogen-bond donors (Lipinski definition) is 1. The van der Waals surface area contributed by atoms with Crippen molar-refractivity contribution in [1.82, 2.24) is 5.32 Å². The predicted molar refractivity (Wildman–Crippen MR) is 44.7 cm³/mol. The zero-order valence-electron chi connectivity index (χ0n) is 7.43. The molecule has 0 spiro atoms. The minimum absolute atomic E-state index is 0.0165. The second-order valence-corrected chi connectivity index (χ2v) is 4.01. The molecule has 2 unspecified atom stereocenters. The van der Waals surface area contributed by atoms with Gasteiger partial charge >= 0.3 is 5.97 Å². The van der Waals surface area contributed by atoms with E-state index in [0.717, 1.165) is 25.9 Å². The van der Waals surface area contributed by atoms with Crippen LogP contribution in [0.4, 0.5) is 0 Å². The molecule has 2 rings (SSSR count). The van der Waals surface area contributed by atoms with Crippen LogP contribution in [-0.2, 0) is 9.53 Å². The lowest BCUT2D eigenvalue weighted by Gasteiger charge is -2.30. The summed E-state index contributed by atoms with van der Waals surface area (Å²) in [7, 11) is 1.49. The topological polar surface area (TPSA) is 38.3 Å². The lowest BCUT2D eigenvalue weighted by atomic mass is 9.83.